The molecular weight excluding hydrogens is 191 g/mol. The highest BCUT2D eigenvalue weighted by Gasteiger charge is 2.04. The van der Waals surface area contributed by atoms with Gasteiger partial charge in [0.1, 0.15) is 5.82 Å². The van der Waals surface area contributed by atoms with Crippen LogP contribution in [0.4, 0.5) is 4.39 Å². The summed E-state index contributed by atoms with van der Waals surface area (Å²) < 4.78 is 12.8. The van der Waals surface area contributed by atoms with Crippen molar-refractivity contribution < 1.29 is 9.18 Å². The first kappa shape index (κ1) is 9.93. The van der Waals surface area contributed by atoms with Gasteiger partial charge in [0.2, 0.25) is 0 Å². The quantitative estimate of drug-likeness (QED) is 0.527. The van der Waals surface area contributed by atoms with E-state index in [0.717, 1.165) is 12.1 Å². The van der Waals surface area contributed by atoms with Crippen LogP contribution >= 0.6 is 11.6 Å². The molecule has 0 aliphatic rings. The van der Waals surface area contributed by atoms with Gasteiger partial charge in [-0.1, -0.05) is 17.7 Å². The molecule has 13 heavy (non-hydrogen) atoms. The van der Waals surface area contributed by atoms with Gasteiger partial charge in [0.25, 0.3) is 0 Å². The molecule has 0 aliphatic heterocycles. The molecular formula is C10H8ClFO. The zero-order valence-electron chi connectivity index (χ0n) is 7.05. The van der Waals surface area contributed by atoms with E-state index in [1.165, 1.54) is 12.1 Å². The molecule has 1 rings (SSSR count). The Kier molecular flexibility index (Phi) is 3.20. The maximum absolute atomic E-state index is 12.8. The number of ketones is 1. The van der Waals surface area contributed by atoms with Gasteiger partial charge in [0.05, 0.1) is 0 Å². The Morgan fingerprint density at radius 3 is 2.69 bits per heavy atom. The fraction of sp³-hybridized carbons (Fsp3) is 0.100. The Morgan fingerprint density at radius 2 is 2.15 bits per heavy atom. The Balaban J connectivity index is 3.08. The van der Waals surface area contributed by atoms with E-state index in [1.54, 1.807) is 13.0 Å². The minimum absolute atomic E-state index is 0.229. The second-order valence-electron chi connectivity index (χ2n) is 2.52. The van der Waals surface area contributed by atoms with Crippen molar-refractivity contribution in [2.24, 2.45) is 0 Å². The van der Waals surface area contributed by atoms with Gasteiger partial charge < -0.3 is 0 Å². The summed E-state index contributed by atoms with van der Waals surface area (Å²) in [6.07, 6.45) is 2.96. The maximum Gasteiger partial charge on any atom is 0.185 e. The lowest BCUT2D eigenvalue weighted by Gasteiger charge is -1.97. The van der Waals surface area contributed by atoms with Crippen molar-refractivity contribution in [3.8, 4) is 0 Å². The van der Waals surface area contributed by atoms with Crippen LogP contribution in [0.25, 0.3) is 0 Å². The minimum Gasteiger partial charge on any atom is -0.289 e. The van der Waals surface area contributed by atoms with Crippen LogP contribution in [0.5, 0.6) is 0 Å². The third kappa shape index (κ3) is 2.67. The smallest absolute Gasteiger partial charge is 0.185 e. The molecule has 0 aromatic heterocycles. The summed E-state index contributed by atoms with van der Waals surface area (Å²) in [6.45, 7) is 1.72. The number of allylic oxidation sites excluding steroid dienone is 2. The van der Waals surface area contributed by atoms with Gasteiger partial charge >= 0.3 is 0 Å². The predicted octanol–water partition coefficient (Wildman–Crippen LogP) is 3.24. The third-order valence-electron chi connectivity index (χ3n) is 1.47. The normalized spacial score (nSPS) is 10.7. The second-order valence-corrected chi connectivity index (χ2v) is 2.96. The Hall–Kier alpha value is -1.15. The summed E-state index contributed by atoms with van der Waals surface area (Å²) >= 11 is 5.58. The van der Waals surface area contributed by atoms with Crippen LogP contribution in [0, 0.1) is 5.82 Å². The second kappa shape index (κ2) is 4.19. The molecule has 1 aromatic carbocycles. The van der Waals surface area contributed by atoms with Crippen LogP contribution in [0.15, 0.2) is 30.4 Å². The summed E-state index contributed by atoms with van der Waals surface area (Å²) in [5.74, 6) is -0.746. The van der Waals surface area contributed by atoms with Crippen molar-refractivity contribution in [2.75, 3.05) is 0 Å². The fourth-order valence-electron chi connectivity index (χ4n) is 0.944. The monoisotopic (exact) mass is 198 g/mol. The van der Waals surface area contributed by atoms with E-state index < -0.39 is 5.82 Å². The van der Waals surface area contributed by atoms with Gasteiger partial charge in [-0.05, 0) is 31.2 Å². The minimum atomic E-state index is -0.500. The summed E-state index contributed by atoms with van der Waals surface area (Å²) in [6, 6.07) is 3.76. The number of carbonyl (C=O) groups is 1. The van der Waals surface area contributed by atoms with E-state index >= 15 is 0 Å². The van der Waals surface area contributed by atoms with Gasteiger partial charge in [0, 0.05) is 10.6 Å². The lowest BCUT2D eigenvalue weighted by molar-refractivity contribution is 0.104. The summed E-state index contributed by atoms with van der Waals surface area (Å²) in [7, 11) is 0. The van der Waals surface area contributed by atoms with Crippen molar-refractivity contribution in [2.45, 2.75) is 6.92 Å². The molecule has 0 heterocycles. The first-order valence-corrected chi connectivity index (χ1v) is 4.14. The molecule has 0 saturated heterocycles. The molecule has 68 valence electrons. The molecule has 0 radical (unpaired) electrons. The molecule has 3 heteroatoms. The van der Waals surface area contributed by atoms with E-state index in [0.29, 0.717) is 0 Å². The molecule has 0 aliphatic carbocycles. The lowest BCUT2D eigenvalue weighted by Crippen LogP contribution is -1.94. The van der Waals surface area contributed by atoms with Gasteiger partial charge in [-0.3, -0.25) is 4.79 Å². The van der Waals surface area contributed by atoms with Gasteiger partial charge in [0.15, 0.2) is 5.78 Å². The molecule has 0 N–H and O–H groups in total. The SMILES string of the molecule is C/C=C/C(=O)c1cc(F)cc(Cl)c1. The largest absolute Gasteiger partial charge is 0.289 e. The zero-order valence-corrected chi connectivity index (χ0v) is 7.81. The van der Waals surface area contributed by atoms with Gasteiger partial charge in [-0.15, -0.1) is 0 Å². The van der Waals surface area contributed by atoms with Crippen LogP contribution in [-0.4, -0.2) is 5.78 Å². The van der Waals surface area contributed by atoms with Crippen LogP contribution in [0.3, 0.4) is 0 Å². The number of benzene rings is 1. The average Bonchev–Trinajstić information content (AvgIpc) is 2.03. The maximum atomic E-state index is 12.8. The Bertz CT molecular complexity index is 338. The molecule has 0 amide bonds. The first-order valence-electron chi connectivity index (χ1n) is 3.76. The summed E-state index contributed by atoms with van der Waals surface area (Å²) in [5.41, 5.74) is 0.267. The van der Waals surface area contributed by atoms with E-state index in [9.17, 15) is 9.18 Å². The molecule has 0 spiro atoms. The fourth-order valence-corrected chi connectivity index (χ4v) is 1.17. The molecule has 1 aromatic rings. The van der Waals surface area contributed by atoms with Crippen molar-refractivity contribution in [3.63, 3.8) is 0 Å². The van der Waals surface area contributed by atoms with Gasteiger partial charge in [-0.2, -0.15) is 0 Å². The number of hydrogen-bond acceptors (Lipinski definition) is 1. The van der Waals surface area contributed by atoms with Crippen molar-refractivity contribution in [1.29, 1.82) is 0 Å². The zero-order chi connectivity index (χ0) is 9.84. The molecule has 0 saturated carbocycles. The number of carbonyl (C=O) groups excluding carboxylic acids is 1. The summed E-state index contributed by atoms with van der Waals surface area (Å²) in [5, 5.41) is 0.229. The first-order chi connectivity index (χ1) is 6.13. The lowest BCUT2D eigenvalue weighted by atomic mass is 10.1. The van der Waals surface area contributed by atoms with E-state index in [1.807, 2.05) is 0 Å². The molecule has 1 nitrogen and oxygen atoms in total. The summed E-state index contributed by atoms with van der Waals surface area (Å²) in [4.78, 5) is 11.2. The van der Waals surface area contributed by atoms with Crippen LogP contribution < -0.4 is 0 Å². The Labute approximate surface area is 80.8 Å². The highest BCUT2D eigenvalue weighted by Crippen LogP contribution is 2.14. The number of hydrogen-bond donors (Lipinski definition) is 0. The highest BCUT2D eigenvalue weighted by atomic mass is 35.5. The van der Waals surface area contributed by atoms with Crippen LogP contribution in [-0.2, 0) is 0 Å². The average molecular weight is 199 g/mol. The van der Waals surface area contributed by atoms with E-state index in [2.05, 4.69) is 0 Å². The molecule has 0 fully saturated rings. The molecule has 0 unspecified atom stereocenters. The predicted molar refractivity (Wildman–Crippen MR) is 50.6 cm³/mol. The Morgan fingerprint density at radius 1 is 1.46 bits per heavy atom. The van der Waals surface area contributed by atoms with Crippen molar-refractivity contribution in [1.82, 2.24) is 0 Å². The van der Waals surface area contributed by atoms with Crippen LogP contribution in [0.1, 0.15) is 17.3 Å². The molecule has 0 bridgehead atoms. The van der Waals surface area contributed by atoms with Crippen molar-refractivity contribution >= 4 is 17.4 Å². The standard InChI is InChI=1S/C10H8ClFO/c1-2-3-10(13)7-4-8(11)6-9(12)5-7/h2-6H,1H3/b3-2+. The highest BCUT2D eigenvalue weighted by molar-refractivity contribution is 6.31. The molecule has 0 atom stereocenters. The topological polar surface area (TPSA) is 17.1 Å². The van der Waals surface area contributed by atoms with Crippen LogP contribution in [0.2, 0.25) is 5.02 Å². The van der Waals surface area contributed by atoms with E-state index in [4.69, 9.17) is 11.6 Å². The van der Waals surface area contributed by atoms with Gasteiger partial charge in [-0.25, -0.2) is 4.39 Å². The number of rotatable bonds is 2. The van der Waals surface area contributed by atoms with E-state index in [-0.39, 0.29) is 16.4 Å². The number of halogens is 2. The van der Waals surface area contributed by atoms with Crippen molar-refractivity contribution in [3.05, 3.63) is 46.8 Å². The third-order valence-corrected chi connectivity index (χ3v) is 1.68.